The fraction of sp³-hybridized carbons (Fsp3) is 0.308. The Kier molecular flexibility index (Phi) is 7.45. The Labute approximate surface area is 205 Å². The number of hydrogen-bond donors (Lipinski definition) is 3. The van der Waals surface area contributed by atoms with E-state index in [1.807, 2.05) is 47.4 Å². The molecule has 0 spiro atoms. The fourth-order valence-corrected chi connectivity index (χ4v) is 4.23. The van der Waals surface area contributed by atoms with Gasteiger partial charge in [-0.05, 0) is 44.0 Å². The number of carbonyl (C=O) groups is 1. The second kappa shape index (κ2) is 10.9. The van der Waals surface area contributed by atoms with Crippen molar-refractivity contribution in [3.05, 3.63) is 66.2 Å². The number of aliphatic imine (C=N–C) groups is 1. The predicted molar refractivity (Wildman–Crippen MR) is 138 cm³/mol. The first-order valence-electron chi connectivity index (χ1n) is 11.7. The van der Waals surface area contributed by atoms with Gasteiger partial charge < -0.3 is 15.5 Å². The molecule has 3 heterocycles. The number of benzene rings is 1. The van der Waals surface area contributed by atoms with E-state index in [0.29, 0.717) is 23.8 Å². The molecular formula is C26H30N8O. The smallest absolute Gasteiger partial charge is 0.219 e. The number of amidine groups is 1. The number of aromatic nitrogens is 3. The van der Waals surface area contributed by atoms with E-state index in [2.05, 4.69) is 27.5 Å². The van der Waals surface area contributed by atoms with Gasteiger partial charge in [0.2, 0.25) is 5.91 Å². The summed E-state index contributed by atoms with van der Waals surface area (Å²) in [5.41, 5.74) is 3.13. The van der Waals surface area contributed by atoms with E-state index >= 15 is 0 Å². The molecule has 0 unspecified atom stereocenters. The zero-order chi connectivity index (χ0) is 24.8. The Bertz CT molecular complexity index is 1230. The summed E-state index contributed by atoms with van der Waals surface area (Å²) >= 11 is 0. The van der Waals surface area contributed by atoms with Crippen LogP contribution in [0.25, 0.3) is 11.3 Å². The normalized spacial score (nSPS) is 17.9. The molecular weight excluding hydrogens is 440 g/mol. The molecule has 0 aliphatic carbocycles. The minimum Gasteiger partial charge on any atom is -0.379 e. The van der Waals surface area contributed by atoms with Gasteiger partial charge in [-0.1, -0.05) is 12.1 Å². The van der Waals surface area contributed by atoms with Crippen molar-refractivity contribution in [3.63, 3.8) is 0 Å². The van der Waals surface area contributed by atoms with Gasteiger partial charge in [0.1, 0.15) is 11.6 Å². The molecule has 35 heavy (non-hydrogen) atoms. The molecule has 0 saturated carbocycles. The van der Waals surface area contributed by atoms with Crippen LogP contribution in [0.4, 0.5) is 11.5 Å². The van der Waals surface area contributed by atoms with Crippen LogP contribution < -0.4 is 10.6 Å². The number of hydrogen-bond acceptors (Lipinski definition) is 6. The molecule has 9 heteroatoms. The van der Waals surface area contributed by atoms with Gasteiger partial charge in [-0.3, -0.25) is 15.2 Å². The van der Waals surface area contributed by atoms with E-state index in [1.54, 1.807) is 26.4 Å². The molecule has 1 fully saturated rings. The molecule has 4 rings (SSSR count). The summed E-state index contributed by atoms with van der Waals surface area (Å²) in [5, 5.41) is 14.3. The van der Waals surface area contributed by atoms with Crippen LogP contribution in [0.1, 0.15) is 44.0 Å². The third-order valence-corrected chi connectivity index (χ3v) is 6.08. The zero-order valence-corrected chi connectivity index (χ0v) is 20.2. The zero-order valence-electron chi connectivity index (χ0n) is 20.2. The SMILES string of the molecule is CN/C=N\C(=N)c1cccc(Nc2cc(-c3cccnc3)nc([C@@H]3CC[C@H](C)N(C(C)=O)C3)n2)c1. The van der Waals surface area contributed by atoms with E-state index in [9.17, 15) is 4.79 Å². The minimum absolute atomic E-state index is 0.0441. The van der Waals surface area contributed by atoms with Gasteiger partial charge in [-0.2, -0.15) is 0 Å². The van der Waals surface area contributed by atoms with Gasteiger partial charge in [0.25, 0.3) is 0 Å². The summed E-state index contributed by atoms with van der Waals surface area (Å²) in [6.45, 7) is 4.30. The number of likely N-dealkylation sites (tertiary alicyclic amines) is 1. The van der Waals surface area contributed by atoms with Crippen LogP contribution in [0.2, 0.25) is 0 Å². The maximum atomic E-state index is 12.2. The third kappa shape index (κ3) is 5.87. The molecule has 3 N–H and O–H groups in total. The number of amides is 1. The molecule has 1 amide bonds. The first-order chi connectivity index (χ1) is 16.9. The standard InChI is InChI=1S/C26H30N8O/c1-17-9-10-21(15-34(17)18(2)35)26-32-23(20-7-5-11-29-14-20)13-24(33-26)31-22-8-4-6-19(12-22)25(27)30-16-28-3/h4-8,11-14,16-17,21H,9-10,15H2,1-3H3,(H2,27,28,30)(H,31,32,33)/t17-,21+/m0/s1. The van der Waals surface area contributed by atoms with Crippen LogP contribution in [0.3, 0.4) is 0 Å². The number of pyridine rings is 1. The highest BCUT2D eigenvalue weighted by Crippen LogP contribution is 2.31. The third-order valence-electron chi connectivity index (χ3n) is 6.08. The average Bonchev–Trinajstić information content (AvgIpc) is 2.88. The Morgan fingerprint density at radius 3 is 2.80 bits per heavy atom. The van der Waals surface area contributed by atoms with Crippen molar-refractivity contribution in [1.82, 2.24) is 25.2 Å². The molecule has 2 atom stereocenters. The number of carbonyl (C=O) groups excluding carboxylic acids is 1. The molecule has 1 saturated heterocycles. The molecule has 1 aliphatic rings. The largest absolute Gasteiger partial charge is 0.379 e. The topological polar surface area (TPSA) is 119 Å². The number of anilines is 2. The van der Waals surface area contributed by atoms with Crippen molar-refractivity contribution in [1.29, 1.82) is 5.41 Å². The molecule has 9 nitrogen and oxygen atoms in total. The van der Waals surface area contributed by atoms with Gasteiger partial charge in [-0.25, -0.2) is 15.0 Å². The van der Waals surface area contributed by atoms with Crippen LogP contribution >= 0.6 is 0 Å². The van der Waals surface area contributed by atoms with E-state index in [1.165, 1.54) is 6.34 Å². The predicted octanol–water partition coefficient (Wildman–Crippen LogP) is 3.97. The van der Waals surface area contributed by atoms with Crippen LogP contribution in [0, 0.1) is 5.41 Å². The number of rotatable bonds is 6. The number of nitrogens with zero attached hydrogens (tertiary/aromatic N) is 5. The Balaban J connectivity index is 1.68. The second-order valence-corrected chi connectivity index (χ2v) is 8.63. The van der Waals surface area contributed by atoms with E-state index in [-0.39, 0.29) is 23.7 Å². The highest BCUT2D eigenvalue weighted by Gasteiger charge is 2.30. The van der Waals surface area contributed by atoms with Crippen molar-refractivity contribution >= 4 is 29.6 Å². The van der Waals surface area contributed by atoms with Crippen LogP contribution in [-0.4, -0.2) is 57.6 Å². The van der Waals surface area contributed by atoms with Gasteiger partial charge in [0.05, 0.1) is 12.0 Å². The van der Waals surface area contributed by atoms with Gasteiger partial charge in [0.15, 0.2) is 5.84 Å². The molecule has 180 valence electrons. The monoisotopic (exact) mass is 470 g/mol. The van der Waals surface area contributed by atoms with Crippen LogP contribution in [-0.2, 0) is 4.79 Å². The van der Waals surface area contributed by atoms with Crippen molar-refractivity contribution in [2.75, 3.05) is 18.9 Å². The summed E-state index contributed by atoms with van der Waals surface area (Å²) < 4.78 is 0. The molecule has 0 radical (unpaired) electrons. The summed E-state index contributed by atoms with van der Waals surface area (Å²) in [4.78, 5) is 32.1. The Morgan fingerprint density at radius 1 is 1.20 bits per heavy atom. The summed E-state index contributed by atoms with van der Waals surface area (Å²) in [6, 6.07) is 13.5. The van der Waals surface area contributed by atoms with Crippen LogP contribution in [0.15, 0.2) is 59.9 Å². The molecule has 2 aromatic heterocycles. The Morgan fingerprint density at radius 2 is 2.06 bits per heavy atom. The lowest BCUT2D eigenvalue weighted by Gasteiger charge is -2.37. The average molecular weight is 471 g/mol. The van der Waals surface area contributed by atoms with Gasteiger partial charge >= 0.3 is 0 Å². The molecule has 3 aromatic rings. The lowest BCUT2D eigenvalue weighted by Crippen LogP contribution is -2.44. The first kappa shape index (κ1) is 24.0. The summed E-state index contributed by atoms with van der Waals surface area (Å²) in [5.74, 6) is 1.62. The van der Waals surface area contributed by atoms with E-state index < -0.39 is 0 Å². The lowest BCUT2D eigenvalue weighted by molar-refractivity contribution is -0.132. The highest BCUT2D eigenvalue weighted by atomic mass is 16.2. The highest BCUT2D eigenvalue weighted by molar-refractivity contribution is 6.01. The number of piperidine rings is 1. The van der Waals surface area contributed by atoms with Crippen LogP contribution in [0.5, 0.6) is 0 Å². The first-order valence-corrected chi connectivity index (χ1v) is 11.7. The van der Waals surface area contributed by atoms with E-state index in [4.69, 9.17) is 15.4 Å². The van der Waals surface area contributed by atoms with Crippen molar-refractivity contribution in [3.8, 4) is 11.3 Å². The maximum Gasteiger partial charge on any atom is 0.219 e. The summed E-state index contributed by atoms with van der Waals surface area (Å²) in [6.07, 6.45) is 6.81. The molecule has 1 aromatic carbocycles. The summed E-state index contributed by atoms with van der Waals surface area (Å²) in [7, 11) is 1.74. The quantitative estimate of drug-likeness (QED) is 0.370. The van der Waals surface area contributed by atoms with Crippen molar-refractivity contribution in [2.45, 2.75) is 38.6 Å². The molecule has 1 aliphatic heterocycles. The van der Waals surface area contributed by atoms with Gasteiger partial charge in [-0.15, -0.1) is 0 Å². The minimum atomic E-state index is 0.0441. The lowest BCUT2D eigenvalue weighted by atomic mass is 9.92. The van der Waals surface area contributed by atoms with Crippen molar-refractivity contribution in [2.24, 2.45) is 4.99 Å². The molecule has 0 bridgehead atoms. The second-order valence-electron chi connectivity index (χ2n) is 8.63. The van der Waals surface area contributed by atoms with Gasteiger partial charge in [0, 0.05) is 67.8 Å². The van der Waals surface area contributed by atoms with E-state index in [0.717, 1.165) is 29.8 Å². The van der Waals surface area contributed by atoms with Crippen molar-refractivity contribution < 1.29 is 4.79 Å². The number of nitrogens with one attached hydrogen (secondary N) is 3. The maximum absolute atomic E-state index is 12.2. The fourth-order valence-electron chi connectivity index (χ4n) is 4.23. The Hall–Kier alpha value is -4.14.